The maximum atomic E-state index is 2.47. The number of benzene rings is 8. The first kappa shape index (κ1) is 27.0. The van der Waals surface area contributed by atoms with Gasteiger partial charge >= 0.3 is 0 Å². The Morgan fingerprint density at radius 2 is 0.653 bits per heavy atom. The van der Waals surface area contributed by atoms with Gasteiger partial charge in [-0.15, -0.1) is 11.3 Å². The molecule has 0 unspecified atom stereocenters. The molecule has 0 amide bonds. The van der Waals surface area contributed by atoms with Crippen LogP contribution in [0.4, 0.5) is 0 Å². The molecule has 0 fully saturated rings. The fourth-order valence-corrected chi connectivity index (χ4v) is 9.78. The predicted molar refractivity (Wildman–Crippen MR) is 215 cm³/mol. The van der Waals surface area contributed by atoms with Gasteiger partial charge in [0.2, 0.25) is 0 Å². The Kier molecular flexibility index (Phi) is 5.64. The van der Waals surface area contributed by atoms with Gasteiger partial charge in [-0.25, -0.2) is 0 Å². The molecule has 0 aliphatic heterocycles. The van der Waals surface area contributed by atoms with E-state index in [1.807, 2.05) is 11.3 Å². The molecule has 0 bridgehead atoms. The molecule has 1 heteroatoms. The van der Waals surface area contributed by atoms with Gasteiger partial charge in [0.25, 0.3) is 0 Å². The molecule has 49 heavy (non-hydrogen) atoms. The van der Waals surface area contributed by atoms with Crippen LogP contribution >= 0.6 is 11.3 Å². The van der Waals surface area contributed by atoms with Crippen molar-refractivity contribution in [1.82, 2.24) is 0 Å². The molecule has 226 valence electrons. The minimum atomic E-state index is 1.25. The molecule has 0 radical (unpaired) electrons. The maximum Gasteiger partial charge on any atom is 0.0433 e. The Labute approximate surface area is 287 Å². The lowest BCUT2D eigenvalue weighted by atomic mass is 9.83. The highest BCUT2D eigenvalue weighted by molar-refractivity contribution is 7.26. The molecule has 9 aromatic rings. The van der Waals surface area contributed by atoms with Crippen LogP contribution in [0.25, 0.3) is 107 Å². The van der Waals surface area contributed by atoms with Gasteiger partial charge in [0, 0.05) is 20.2 Å². The Bertz CT molecular complexity index is 3160. The summed E-state index contributed by atoms with van der Waals surface area (Å²) in [5.74, 6) is 0. The maximum absolute atomic E-state index is 2.47. The summed E-state index contributed by atoms with van der Waals surface area (Å²) in [4.78, 5) is 0. The molecule has 0 spiro atoms. The van der Waals surface area contributed by atoms with Crippen molar-refractivity contribution in [2.75, 3.05) is 0 Å². The van der Waals surface area contributed by atoms with Crippen molar-refractivity contribution < 1.29 is 0 Å². The van der Waals surface area contributed by atoms with Gasteiger partial charge < -0.3 is 0 Å². The molecule has 0 nitrogen and oxygen atoms in total. The van der Waals surface area contributed by atoms with Crippen LogP contribution in [0, 0.1) is 0 Å². The highest BCUT2D eigenvalue weighted by Gasteiger charge is 2.20. The molecule has 11 rings (SSSR count). The highest BCUT2D eigenvalue weighted by Crippen LogP contribution is 2.48. The highest BCUT2D eigenvalue weighted by atomic mass is 32.1. The van der Waals surface area contributed by atoms with Crippen LogP contribution in [-0.2, 0) is 0 Å². The number of fused-ring (bicyclic) bond motifs is 13. The Morgan fingerprint density at radius 3 is 1.20 bits per heavy atom. The molecule has 1 aromatic heterocycles. The van der Waals surface area contributed by atoms with Crippen LogP contribution in [0.3, 0.4) is 0 Å². The second kappa shape index (κ2) is 10.2. The normalized spacial score (nSPS) is 12.1. The van der Waals surface area contributed by atoms with Crippen LogP contribution in [-0.4, -0.2) is 0 Å². The zero-order valence-electron chi connectivity index (χ0n) is 26.6. The Hall–Kier alpha value is -6.02. The molecule has 0 saturated heterocycles. The van der Waals surface area contributed by atoms with E-state index in [-0.39, 0.29) is 0 Å². The minimum Gasteiger partial charge on any atom is -0.135 e. The third kappa shape index (κ3) is 3.79. The fourth-order valence-electron chi connectivity index (χ4n) is 8.54. The van der Waals surface area contributed by atoms with Gasteiger partial charge in [0.1, 0.15) is 0 Å². The first-order valence-corrected chi connectivity index (χ1v) is 17.8. The number of thiophene rings is 1. The van der Waals surface area contributed by atoms with Gasteiger partial charge in [-0.2, -0.15) is 0 Å². The number of hydrogen-bond donors (Lipinski definition) is 0. The second-order valence-corrected chi connectivity index (χ2v) is 14.2. The van der Waals surface area contributed by atoms with E-state index in [9.17, 15) is 0 Å². The van der Waals surface area contributed by atoms with Crippen LogP contribution < -0.4 is 0 Å². The molecule has 0 atom stereocenters. The third-order valence-corrected chi connectivity index (χ3v) is 11.9. The topological polar surface area (TPSA) is 0 Å². The van der Waals surface area contributed by atoms with Crippen molar-refractivity contribution in [3.8, 4) is 22.3 Å². The van der Waals surface area contributed by atoms with Crippen molar-refractivity contribution >= 4 is 96.1 Å². The molecule has 8 aromatic carbocycles. The van der Waals surface area contributed by atoms with E-state index < -0.39 is 0 Å². The Balaban J connectivity index is 1.41. The predicted octanol–water partition coefficient (Wildman–Crippen LogP) is 14.3. The van der Waals surface area contributed by atoms with Crippen LogP contribution in [0.2, 0.25) is 0 Å². The lowest BCUT2D eigenvalue weighted by Crippen LogP contribution is -1.92. The lowest BCUT2D eigenvalue weighted by Gasteiger charge is -2.19. The van der Waals surface area contributed by atoms with Crippen molar-refractivity contribution in [2.24, 2.45) is 0 Å². The SMILES string of the molecule is c1ccc2c(c1)sc1c(-c3ccc4c(c3)c3cccc5c3-c3c(cccc3c3ccccc34)c3ccccc3c3ccccc53)cccc12. The van der Waals surface area contributed by atoms with E-state index in [2.05, 4.69) is 170 Å². The second-order valence-electron chi connectivity index (χ2n) is 13.1. The number of hydrogen-bond acceptors (Lipinski definition) is 1. The molecule has 1 heterocycles. The van der Waals surface area contributed by atoms with Crippen molar-refractivity contribution in [3.05, 3.63) is 170 Å². The molecule has 2 aliphatic rings. The Morgan fingerprint density at radius 1 is 0.265 bits per heavy atom. The minimum absolute atomic E-state index is 1.25. The van der Waals surface area contributed by atoms with Crippen molar-refractivity contribution in [1.29, 1.82) is 0 Å². The van der Waals surface area contributed by atoms with E-state index in [1.54, 1.807) is 0 Å². The molecule has 0 N–H and O–H groups in total. The summed E-state index contributed by atoms with van der Waals surface area (Å²) in [7, 11) is 0. The molecule has 2 aliphatic carbocycles. The van der Waals surface area contributed by atoms with Crippen molar-refractivity contribution in [3.63, 3.8) is 0 Å². The first-order chi connectivity index (χ1) is 24.3. The van der Waals surface area contributed by atoms with E-state index in [4.69, 9.17) is 0 Å². The smallest absolute Gasteiger partial charge is 0.0433 e. The zero-order valence-corrected chi connectivity index (χ0v) is 27.4. The average Bonchev–Trinajstić information content (AvgIpc) is 3.55. The van der Waals surface area contributed by atoms with Gasteiger partial charge in [0.15, 0.2) is 0 Å². The monoisotopic (exact) mass is 636 g/mol. The standard InChI is InChI=1S/C48H28S/c1-4-15-34-31(12-1)32-13-2-5-16-35(32)41-22-11-23-42-44-28-29(30-19-9-24-43-38-18-7-8-25-45(38)49-48(30)43)26-27-37(44)33-14-3-6-17-36(33)40-21-10-20-39(34)46(40)47(41)42/h1-28H. The summed E-state index contributed by atoms with van der Waals surface area (Å²) < 4.78 is 2.68. The van der Waals surface area contributed by atoms with Crippen LogP contribution in [0.1, 0.15) is 0 Å². The van der Waals surface area contributed by atoms with Crippen LogP contribution in [0.5, 0.6) is 0 Å². The summed E-state index contributed by atoms with van der Waals surface area (Å²) in [5, 5.41) is 17.9. The summed E-state index contributed by atoms with van der Waals surface area (Å²) in [6.07, 6.45) is 0. The summed E-state index contributed by atoms with van der Waals surface area (Å²) in [5.41, 5.74) is 5.15. The average molecular weight is 637 g/mol. The third-order valence-electron chi connectivity index (χ3n) is 10.6. The van der Waals surface area contributed by atoms with E-state index >= 15 is 0 Å². The van der Waals surface area contributed by atoms with Gasteiger partial charge in [-0.05, 0) is 99.0 Å². The molecule has 0 saturated carbocycles. The summed E-state index contributed by atoms with van der Waals surface area (Å²) in [6.45, 7) is 0. The zero-order chi connectivity index (χ0) is 32.1. The molecular formula is C48H28S. The lowest BCUT2D eigenvalue weighted by molar-refractivity contribution is 1.72. The van der Waals surface area contributed by atoms with Gasteiger partial charge in [0.05, 0.1) is 0 Å². The van der Waals surface area contributed by atoms with Gasteiger partial charge in [-0.3, -0.25) is 0 Å². The number of rotatable bonds is 1. The van der Waals surface area contributed by atoms with E-state index in [0.717, 1.165) is 0 Å². The summed E-state index contributed by atoms with van der Waals surface area (Å²) in [6, 6.07) is 63.5. The van der Waals surface area contributed by atoms with Crippen LogP contribution in [0.15, 0.2) is 170 Å². The van der Waals surface area contributed by atoms with E-state index in [1.165, 1.54) is 107 Å². The first-order valence-electron chi connectivity index (χ1n) is 16.9. The largest absolute Gasteiger partial charge is 0.135 e. The van der Waals surface area contributed by atoms with Gasteiger partial charge in [-0.1, -0.05) is 158 Å². The van der Waals surface area contributed by atoms with Crippen molar-refractivity contribution in [2.45, 2.75) is 0 Å². The molecular weight excluding hydrogens is 609 g/mol. The quantitative estimate of drug-likeness (QED) is 0.168. The fraction of sp³-hybridized carbons (Fsp3) is 0. The summed E-state index contributed by atoms with van der Waals surface area (Å²) >= 11 is 1.90. The van der Waals surface area contributed by atoms with E-state index in [0.29, 0.717) is 0 Å².